The van der Waals surface area contributed by atoms with Crippen LogP contribution in [0.25, 0.3) is 0 Å². The maximum Gasteiger partial charge on any atom is 0.231 e. The van der Waals surface area contributed by atoms with E-state index >= 15 is 0 Å². The van der Waals surface area contributed by atoms with E-state index < -0.39 is 0 Å². The second kappa shape index (κ2) is 10.9. The second-order valence-corrected chi connectivity index (χ2v) is 11.3. The lowest BCUT2D eigenvalue weighted by molar-refractivity contribution is 0.170. The molecule has 2 aromatic rings. The molecular weight excluding hydrogens is 484 g/mol. The Morgan fingerprint density at radius 2 is 1.08 bits per heavy atom. The van der Waals surface area contributed by atoms with Gasteiger partial charge in [0.2, 0.25) is 13.6 Å². The lowest BCUT2D eigenvalue weighted by Gasteiger charge is -2.32. The highest BCUT2D eigenvalue weighted by Crippen LogP contribution is 2.53. The molecule has 7 heteroatoms. The molecule has 0 saturated carbocycles. The van der Waals surface area contributed by atoms with Gasteiger partial charge in [-0.3, -0.25) is 0 Å². The molecule has 4 aliphatic rings. The van der Waals surface area contributed by atoms with Crippen molar-refractivity contribution >= 4 is 0 Å². The van der Waals surface area contributed by atoms with E-state index in [4.69, 9.17) is 18.9 Å². The topological polar surface area (TPSA) is 97.6 Å². The largest absolute Gasteiger partial charge is 0.507 e. The summed E-state index contributed by atoms with van der Waals surface area (Å²) in [5.74, 6) is 5.15. The van der Waals surface area contributed by atoms with Gasteiger partial charge in [0.05, 0.1) is 0 Å². The van der Waals surface area contributed by atoms with E-state index in [0.29, 0.717) is 42.5 Å². The number of hydrogen-bond donors (Lipinski definition) is 3. The smallest absolute Gasteiger partial charge is 0.231 e. The van der Waals surface area contributed by atoms with Crippen LogP contribution in [-0.4, -0.2) is 42.1 Å². The van der Waals surface area contributed by atoms with Gasteiger partial charge >= 0.3 is 0 Å². The normalized spacial score (nSPS) is 24.4. The molecule has 0 bridgehead atoms. The number of rotatable bonds is 4. The zero-order valence-electron chi connectivity index (χ0n) is 23.4. The van der Waals surface area contributed by atoms with Gasteiger partial charge in [-0.1, -0.05) is 13.8 Å². The van der Waals surface area contributed by atoms with Gasteiger partial charge in [0.15, 0.2) is 23.0 Å². The molecule has 7 nitrogen and oxygen atoms in total. The highest BCUT2D eigenvalue weighted by molar-refractivity contribution is 5.65. The van der Waals surface area contributed by atoms with Gasteiger partial charge in [0, 0.05) is 35.5 Å². The van der Waals surface area contributed by atoms with Crippen molar-refractivity contribution in [2.45, 2.75) is 85.0 Å². The van der Waals surface area contributed by atoms with E-state index in [-0.39, 0.29) is 25.9 Å². The summed E-state index contributed by atoms with van der Waals surface area (Å²) in [7, 11) is 0. The van der Waals surface area contributed by atoms with E-state index in [0.717, 1.165) is 66.0 Å². The van der Waals surface area contributed by atoms with Crippen molar-refractivity contribution in [3.8, 4) is 28.7 Å². The van der Waals surface area contributed by atoms with Crippen LogP contribution in [0.5, 0.6) is 28.7 Å². The first-order valence-corrected chi connectivity index (χ1v) is 14.1. The van der Waals surface area contributed by atoms with Crippen LogP contribution in [0, 0.1) is 32.6 Å². The SMILES string of the molecule is CC[C@@H]1C[C@H](CO)Cc2c(C)c(C)c3c(c21)OCO3.CC[C@@H]1C[C@H](CO)Cc2c(O)c(C)c3c(c21)OCO3. The van der Waals surface area contributed by atoms with E-state index in [9.17, 15) is 15.3 Å². The van der Waals surface area contributed by atoms with Crippen molar-refractivity contribution in [1.82, 2.24) is 0 Å². The minimum atomic E-state index is 0.170. The van der Waals surface area contributed by atoms with Crippen LogP contribution < -0.4 is 18.9 Å². The number of hydrogen-bond acceptors (Lipinski definition) is 7. The number of fused-ring (bicyclic) bond motifs is 6. The molecule has 2 aliphatic heterocycles. The van der Waals surface area contributed by atoms with Crippen LogP contribution in [0.4, 0.5) is 0 Å². The Kier molecular flexibility index (Phi) is 7.70. The molecule has 0 amide bonds. The fraction of sp³-hybridized carbons (Fsp3) is 0.613. The van der Waals surface area contributed by atoms with E-state index in [1.54, 1.807) is 0 Å². The molecule has 3 N–H and O–H groups in total. The fourth-order valence-corrected chi connectivity index (χ4v) is 6.99. The third-order valence-corrected chi connectivity index (χ3v) is 9.24. The van der Waals surface area contributed by atoms with Gasteiger partial charge in [0.25, 0.3) is 0 Å². The third kappa shape index (κ3) is 4.37. The molecule has 0 fully saturated rings. The Hall–Kier alpha value is -2.64. The summed E-state index contributed by atoms with van der Waals surface area (Å²) in [5.41, 5.74) is 8.04. The average Bonchev–Trinajstić information content (AvgIpc) is 3.64. The maximum absolute atomic E-state index is 10.4. The number of benzene rings is 2. The van der Waals surface area contributed by atoms with E-state index in [1.807, 2.05) is 6.92 Å². The van der Waals surface area contributed by atoms with Crippen molar-refractivity contribution in [2.24, 2.45) is 11.8 Å². The first-order valence-electron chi connectivity index (χ1n) is 14.1. The molecule has 2 aliphatic carbocycles. The molecule has 0 saturated heterocycles. The molecular formula is C31H42O7. The Morgan fingerprint density at radius 3 is 1.58 bits per heavy atom. The average molecular weight is 527 g/mol. The third-order valence-electron chi connectivity index (χ3n) is 9.24. The van der Waals surface area contributed by atoms with E-state index in [2.05, 4.69) is 27.7 Å². The van der Waals surface area contributed by atoms with Crippen molar-refractivity contribution < 1.29 is 34.3 Å². The van der Waals surface area contributed by atoms with Crippen LogP contribution >= 0.6 is 0 Å². The maximum atomic E-state index is 10.4. The summed E-state index contributed by atoms with van der Waals surface area (Å²) < 4.78 is 22.5. The van der Waals surface area contributed by atoms with Crippen molar-refractivity contribution in [1.29, 1.82) is 0 Å². The van der Waals surface area contributed by atoms with Crippen molar-refractivity contribution in [3.05, 3.63) is 38.9 Å². The molecule has 2 aromatic carbocycles. The van der Waals surface area contributed by atoms with Crippen LogP contribution in [0.2, 0.25) is 0 Å². The molecule has 0 radical (unpaired) electrons. The summed E-state index contributed by atoms with van der Waals surface area (Å²) in [6.45, 7) is 11.5. The number of aliphatic hydroxyl groups excluding tert-OH is 2. The van der Waals surface area contributed by atoms with Gasteiger partial charge in [-0.25, -0.2) is 0 Å². The Labute approximate surface area is 225 Å². The molecule has 0 spiro atoms. The minimum absolute atomic E-state index is 0.170. The van der Waals surface area contributed by atoms with Crippen molar-refractivity contribution in [2.75, 3.05) is 26.8 Å². The number of aliphatic hydroxyl groups is 2. The molecule has 6 rings (SSSR count). The molecule has 38 heavy (non-hydrogen) atoms. The second-order valence-electron chi connectivity index (χ2n) is 11.3. The quantitative estimate of drug-likeness (QED) is 0.480. The summed E-state index contributed by atoms with van der Waals surface area (Å²) in [4.78, 5) is 0. The van der Waals surface area contributed by atoms with Crippen molar-refractivity contribution in [3.63, 3.8) is 0 Å². The van der Waals surface area contributed by atoms with Crippen LogP contribution in [0.15, 0.2) is 0 Å². The van der Waals surface area contributed by atoms with Crippen LogP contribution in [-0.2, 0) is 12.8 Å². The Balaban J connectivity index is 0.000000155. The highest BCUT2D eigenvalue weighted by atomic mass is 16.7. The number of ether oxygens (including phenoxy) is 4. The zero-order chi connectivity index (χ0) is 27.1. The summed E-state index contributed by atoms with van der Waals surface area (Å²) in [6, 6.07) is 0. The van der Waals surface area contributed by atoms with E-state index in [1.165, 1.54) is 22.3 Å². The predicted octanol–water partition coefficient (Wildman–Crippen LogP) is 5.56. The predicted molar refractivity (Wildman–Crippen MR) is 145 cm³/mol. The minimum Gasteiger partial charge on any atom is -0.507 e. The first-order chi connectivity index (χ1) is 18.3. The van der Waals surface area contributed by atoms with Gasteiger partial charge in [0.1, 0.15) is 5.75 Å². The number of aromatic hydroxyl groups is 1. The Bertz CT molecular complexity index is 1110. The number of phenolic OH excluding ortho intramolecular Hbond substituents is 1. The lowest BCUT2D eigenvalue weighted by Crippen LogP contribution is -2.23. The first kappa shape index (κ1) is 26.9. The Morgan fingerprint density at radius 1 is 0.632 bits per heavy atom. The molecule has 2 heterocycles. The van der Waals surface area contributed by atoms with Crippen LogP contribution in [0.3, 0.4) is 0 Å². The molecule has 0 aromatic heterocycles. The van der Waals surface area contributed by atoms with Gasteiger partial charge in [-0.2, -0.15) is 0 Å². The van der Waals surface area contributed by atoms with Gasteiger partial charge in [-0.15, -0.1) is 0 Å². The monoisotopic (exact) mass is 526 g/mol. The van der Waals surface area contributed by atoms with Gasteiger partial charge < -0.3 is 34.3 Å². The van der Waals surface area contributed by atoms with Gasteiger partial charge in [-0.05, 0) is 99.7 Å². The number of phenols is 1. The molecule has 208 valence electrons. The summed E-state index contributed by atoms with van der Waals surface area (Å²) >= 11 is 0. The fourth-order valence-electron chi connectivity index (χ4n) is 6.99. The van der Waals surface area contributed by atoms with Crippen LogP contribution in [0.1, 0.15) is 90.3 Å². The lowest BCUT2D eigenvalue weighted by atomic mass is 9.73. The zero-order valence-corrected chi connectivity index (χ0v) is 23.4. The standard InChI is InChI=1S/C16H22O3.C15H20O4/c1-4-12-5-11(7-17)6-13-9(2)10(3)15-16(14(12)13)19-8-18-15;1-3-10-4-9(6-16)5-11-12(10)15-14(18-7-19-15)8(2)13(11)17/h11-12,17H,4-8H2,1-3H3;9-10,16-17H,3-7H2,1-2H3/t11-,12+;9-,10+/m00/s1. The highest BCUT2D eigenvalue weighted by Gasteiger charge is 2.37. The summed E-state index contributed by atoms with van der Waals surface area (Å²) in [5, 5.41) is 29.4. The summed E-state index contributed by atoms with van der Waals surface area (Å²) in [6.07, 6.45) is 5.73. The molecule has 0 unspecified atom stereocenters. The molecule has 4 atom stereocenters.